The van der Waals surface area contributed by atoms with E-state index in [1.807, 2.05) is 24.3 Å². The predicted octanol–water partition coefficient (Wildman–Crippen LogP) is 7.48. The summed E-state index contributed by atoms with van der Waals surface area (Å²) in [7, 11) is 0. The third-order valence-corrected chi connectivity index (χ3v) is 6.54. The maximum absolute atomic E-state index is 6.06. The summed E-state index contributed by atoms with van der Waals surface area (Å²) in [6, 6.07) is 20.9. The fourth-order valence-electron chi connectivity index (χ4n) is 2.68. The molecule has 0 N–H and O–H groups in total. The number of aromatic nitrogens is 1. The van der Waals surface area contributed by atoms with Crippen LogP contribution >= 0.6 is 34.3 Å². The smallest absolute Gasteiger partial charge is 0.134 e. The van der Waals surface area contributed by atoms with Gasteiger partial charge >= 0.3 is 0 Å². The normalized spacial score (nSPS) is 11.0. The topological polar surface area (TPSA) is 12.9 Å². The van der Waals surface area contributed by atoms with Crippen LogP contribution in [0.15, 0.2) is 60.7 Å². The summed E-state index contributed by atoms with van der Waals surface area (Å²) in [4.78, 5) is 8.70. The van der Waals surface area contributed by atoms with Crippen LogP contribution in [-0.2, 0) is 0 Å². The summed E-state index contributed by atoms with van der Waals surface area (Å²) in [5.74, 6) is 0. The molecule has 2 aromatic heterocycles. The molecule has 2 heterocycles. The zero-order chi connectivity index (χ0) is 17.4. The summed E-state index contributed by atoms with van der Waals surface area (Å²) in [5, 5.41) is 1.81. The molecule has 4 heteroatoms. The Labute approximate surface area is 160 Å². The van der Waals surface area contributed by atoms with Crippen molar-refractivity contribution in [3.05, 3.63) is 76.1 Å². The fourth-order valence-corrected chi connectivity index (χ4v) is 4.82. The predicted molar refractivity (Wildman–Crippen MR) is 111 cm³/mol. The Hall–Kier alpha value is -1.94. The molecule has 4 rings (SSSR count). The van der Waals surface area contributed by atoms with Crippen molar-refractivity contribution in [2.75, 3.05) is 0 Å². The molecule has 0 saturated heterocycles. The van der Waals surface area contributed by atoms with Crippen molar-refractivity contribution in [3.63, 3.8) is 0 Å². The molecule has 124 valence electrons. The average molecular weight is 382 g/mol. The van der Waals surface area contributed by atoms with E-state index in [2.05, 4.69) is 50.2 Å². The average Bonchev–Trinajstić information content (AvgIpc) is 3.23. The van der Waals surface area contributed by atoms with Crippen LogP contribution < -0.4 is 0 Å². The number of benzene rings is 2. The van der Waals surface area contributed by atoms with Gasteiger partial charge < -0.3 is 0 Å². The largest absolute Gasteiger partial charge is 0.235 e. The first kappa shape index (κ1) is 16.5. The molecular formula is C21H16ClNS2. The van der Waals surface area contributed by atoms with Gasteiger partial charge in [-0.15, -0.1) is 22.7 Å². The van der Waals surface area contributed by atoms with E-state index in [0.717, 1.165) is 21.3 Å². The fraction of sp³-hybridized carbons (Fsp3) is 0.0952. The zero-order valence-electron chi connectivity index (χ0n) is 13.9. The molecule has 2 aromatic carbocycles. The highest BCUT2D eigenvalue weighted by atomic mass is 35.5. The second-order valence-corrected chi connectivity index (χ2v) is 8.70. The van der Waals surface area contributed by atoms with E-state index in [1.54, 1.807) is 22.7 Å². The number of thiophene rings is 1. The van der Waals surface area contributed by atoms with E-state index in [1.165, 1.54) is 25.8 Å². The molecule has 0 spiro atoms. The SMILES string of the molecule is Cc1ccc(-c2sc(-c3ccc(C)s3)nc2-c2ccc(Cl)cc2)cc1. The molecule has 0 atom stereocenters. The molecule has 0 unspecified atom stereocenters. The van der Waals surface area contributed by atoms with E-state index in [9.17, 15) is 0 Å². The van der Waals surface area contributed by atoms with Crippen molar-refractivity contribution in [1.82, 2.24) is 4.98 Å². The number of hydrogen-bond donors (Lipinski definition) is 0. The Morgan fingerprint density at radius 2 is 1.44 bits per heavy atom. The standard InChI is InChI=1S/C21H16ClNS2/c1-13-3-6-16(7-4-13)20-19(15-8-10-17(22)11-9-15)23-21(25-20)18-12-5-14(2)24-18/h3-12H,1-2H3. The summed E-state index contributed by atoms with van der Waals surface area (Å²) in [6.07, 6.45) is 0. The van der Waals surface area contributed by atoms with E-state index >= 15 is 0 Å². The van der Waals surface area contributed by atoms with Crippen molar-refractivity contribution in [1.29, 1.82) is 0 Å². The number of aryl methyl sites for hydroxylation is 2. The molecule has 1 nitrogen and oxygen atoms in total. The highest BCUT2D eigenvalue weighted by Gasteiger charge is 2.17. The molecule has 0 amide bonds. The van der Waals surface area contributed by atoms with Crippen molar-refractivity contribution in [3.8, 4) is 31.6 Å². The Balaban J connectivity index is 1.89. The molecule has 25 heavy (non-hydrogen) atoms. The van der Waals surface area contributed by atoms with Crippen LogP contribution in [0.1, 0.15) is 10.4 Å². The summed E-state index contributed by atoms with van der Waals surface area (Å²) in [5.41, 5.74) is 4.57. The number of rotatable bonds is 3. The van der Waals surface area contributed by atoms with Gasteiger partial charge in [0.2, 0.25) is 0 Å². The minimum atomic E-state index is 0.741. The second kappa shape index (κ2) is 6.75. The maximum atomic E-state index is 6.06. The molecule has 0 fully saturated rings. The van der Waals surface area contributed by atoms with Gasteiger partial charge in [-0.1, -0.05) is 53.6 Å². The number of nitrogens with zero attached hydrogens (tertiary/aromatic N) is 1. The maximum Gasteiger partial charge on any atom is 0.134 e. The van der Waals surface area contributed by atoms with Gasteiger partial charge in [-0.25, -0.2) is 4.98 Å². The molecular weight excluding hydrogens is 366 g/mol. The summed E-state index contributed by atoms with van der Waals surface area (Å²) < 4.78 is 0. The van der Waals surface area contributed by atoms with Crippen LogP contribution in [-0.4, -0.2) is 4.98 Å². The zero-order valence-corrected chi connectivity index (χ0v) is 16.3. The Morgan fingerprint density at radius 1 is 0.760 bits per heavy atom. The highest BCUT2D eigenvalue weighted by Crippen LogP contribution is 2.42. The van der Waals surface area contributed by atoms with Crippen LogP contribution in [0.25, 0.3) is 31.6 Å². The molecule has 0 aliphatic heterocycles. The lowest BCUT2D eigenvalue weighted by molar-refractivity contribution is 1.41. The van der Waals surface area contributed by atoms with Crippen molar-refractivity contribution in [2.24, 2.45) is 0 Å². The Morgan fingerprint density at radius 3 is 2.08 bits per heavy atom. The molecule has 0 bridgehead atoms. The third kappa shape index (κ3) is 3.40. The lowest BCUT2D eigenvalue weighted by Gasteiger charge is -2.03. The van der Waals surface area contributed by atoms with Gasteiger partial charge in [-0.2, -0.15) is 0 Å². The second-order valence-electron chi connectivity index (χ2n) is 5.98. The van der Waals surface area contributed by atoms with Crippen LogP contribution in [0, 0.1) is 13.8 Å². The first-order chi connectivity index (χ1) is 12.1. The Kier molecular flexibility index (Phi) is 4.46. The lowest BCUT2D eigenvalue weighted by atomic mass is 10.1. The molecule has 0 radical (unpaired) electrons. The van der Waals surface area contributed by atoms with Crippen molar-refractivity contribution >= 4 is 34.3 Å². The third-order valence-electron chi connectivity index (χ3n) is 4.01. The highest BCUT2D eigenvalue weighted by molar-refractivity contribution is 7.23. The van der Waals surface area contributed by atoms with Crippen LogP contribution in [0.4, 0.5) is 0 Å². The number of hydrogen-bond acceptors (Lipinski definition) is 3. The van der Waals surface area contributed by atoms with E-state index in [4.69, 9.17) is 16.6 Å². The molecule has 0 saturated carbocycles. The van der Waals surface area contributed by atoms with Crippen molar-refractivity contribution in [2.45, 2.75) is 13.8 Å². The number of halogens is 1. The summed E-state index contributed by atoms with van der Waals surface area (Å²) >= 11 is 9.60. The van der Waals surface area contributed by atoms with Gasteiger partial charge in [-0.05, 0) is 43.7 Å². The first-order valence-electron chi connectivity index (χ1n) is 8.01. The van der Waals surface area contributed by atoms with Crippen LogP contribution in [0.2, 0.25) is 5.02 Å². The van der Waals surface area contributed by atoms with Gasteiger partial charge in [-0.3, -0.25) is 0 Å². The molecule has 0 aliphatic carbocycles. The van der Waals surface area contributed by atoms with Crippen LogP contribution in [0.3, 0.4) is 0 Å². The summed E-state index contributed by atoms with van der Waals surface area (Å²) in [6.45, 7) is 4.24. The van der Waals surface area contributed by atoms with Gasteiger partial charge in [0.1, 0.15) is 5.01 Å². The van der Waals surface area contributed by atoms with Gasteiger partial charge in [0.25, 0.3) is 0 Å². The van der Waals surface area contributed by atoms with E-state index < -0.39 is 0 Å². The van der Waals surface area contributed by atoms with E-state index in [0.29, 0.717) is 0 Å². The van der Waals surface area contributed by atoms with Gasteiger partial charge in [0, 0.05) is 15.5 Å². The quantitative estimate of drug-likeness (QED) is 0.358. The van der Waals surface area contributed by atoms with Gasteiger partial charge in [0.05, 0.1) is 15.4 Å². The van der Waals surface area contributed by atoms with Gasteiger partial charge in [0.15, 0.2) is 0 Å². The minimum absolute atomic E-state index is 0.741. The number of thiazole rings is 1. The lowest BCUT2D eigenvalue weighted by Crippen LogP contribution is -1.82. The van der Waals surface area contributed by atoms with Crippen LogP contribution in [0.5, 0.6) is 0 Å². The van der Waals surface area contributed by atoms with E-state index in [-0.39, 0.29) is 0 Å². The minimum Gasteiger partial charge on any atom is -0.235 e. The first-order valence-corrected chi connectivity index (χ1v) is 10.0. The van der Waals surface area contributed by atoms with Crippen molar-refractivity contribution < 1.29 is 0 Å². The molecule has 4 aromatic rings. The Bertz CT molecular complexity index is 948. The monoisotopic (exact) mass is 381 g/mol. The molecule has 0 aliphatic rings.